The number of aliphatic hydroxyl groups excluding tert-OH is 1. The Morgan fingerprint density at radius 1 is 1.09 bits per heavy atom. The fourth-order valence-electron chi connectivity index (χ4n) is 9.50. The van der Waals surface area contributed by atoms with Crippen LogP contribution in [0.15, 0.2) is 42.7 Å². The van der Waals surface area contributed by atoms with Crippen LogP contribution in [0.25, 0.3) is 10.6 Å². The third-order valence-electron chi connectivity index (χ3n) is 13.1. The predicted molar refractivity (Wildman–Crippen MR) is 239 cm³/mol. The van der Waals surface area contributed by atoms with Crippen molar-refractivity contribution in [3.05, 3.63) is 48.3 Å². The van der Waals surface area contributed by atoms with Crippen LogP contribution in [0.2, 0.25) is 0 Å². The highest BCUT2D eigenvalue weighted by atomic mass is 32.1. The third-order valence-corrected chi connectivity index (χ3v) is 14.0. The number of aromatic nitrogens is 4. The van der Waals surface area contributed by atoms with Gasteiger partial charge in [0, 0.05) is 44.4 Å². The molecule has 3 aliphatic heterocycles. The maximum Gasteiger partial charge on any atom is 0.410 e. The number of nitrogen functional groups attached to an aromatic ring is 1. The number of thiazole rings is 1. The number of nitrogens with two attached hydrogens (primary N) is 2. The van der Waals surface area contributed by atoms with E-state index in [-0.39, 0.29) is 25.0 Å². The van der Waals surface area contributed by atoms with Gasteiger partial charge in [0.25, 0.3) is 0 Å². The average molecular weight is 927 g/mol. The molecule has 5 heterocycles. The highest BCUT2D eigenvalue weighted by Gasteiger charge is 2.58. The first-order valence-electron chi connectivity index (χ1n) is 22.5. The van der Waals surface area contributed by atoms with Gasteiger partial charge < -0.3 is 50.3 Å². The lowest BCUT2D eigenvalue weighted by atomic mass is 9.78. The van der Waals surface area contributed by atoms with Gasteiger partial charge in [-0.1, -0.05) is 55.5 Å². The number of esters is 2. The van der Waals surface area contributed by atoms with Gasteiger partial charge in [0.15, 0.2) is 22.8 Å². The number of carbonyl (C=O) groups is 4. The monoisotopic (exact) mass is 926 g/mol. The first-order valence-corrected chi connectivity index (χ1v) is 23.3. The van der Waals surface area contributed by atoms with E-state index in [2.05, 4.69) is 20.6 Å². The summed E-state index contributed by atoms with van der Waals surface area (Å²) in [7, 11) is 1.52. The van der Waals surface area contributed by atoms with Crippen molar-refractivity contribution in [1.29, 1.82) is 0 Å². The van der Waals surface area contributed by atoms with Gasteiger partial charge in [0.2, 0.25) is 0 Å². The van der Waals surface area contributed by atoms with Crippen molar-refractivity contribution in [2.24, 2.45) is 23.5 Å². The molecule has 2 aromatic heterocycles. The molecular weight excluding hydrogens is 861 g/mol. The van der Waals surface area contributed by atoms with E-state index in [0.717, 1.165) is 4.88 Å². The summed E-state index contributed by atoms with van der Waals surface area (Å²) in [5.41, 5.74) is 10.8. The van der Waals surface area contributed by atoms with Crippen LogP contribution in [0.1, 0.15) is 90.9 Å². The minimum absolute atomic E-state index is 0.102. The van der Waals surface area contributed by atoms with Gasteiger partial charge in [-0.25, -0.2) is 14.6 Å². The van der Waals surface area contributed by atoms with Crippen LogP contribution >= 0.6 is 11.3 Å². The van der Waals surface area contributed by atoms with E-state index in [1.807, 2.05) is 33.9 Å². The van der Waals surface area contributed by atoms with Gasteiger partial charge in [0.1, 0.15) is 30.4 Å². The van der Waals surface area contributed by atoms with E-state index in [4.69, 9.17) is 39.9 Å². The molecule has 0 aliphatic carbocycles. The number of cyclic esters (lactones) is 1. The van der Waals surface area contributed by atoms with Crippen molar-refractivity contribution < 1.29 is 52.7 Å². The second-order valence-corrected chi connectivity index (χ2v) is 19.2. The Hall–Kier alpha value is -4.57. The lowest BCUT2D eigenvalue weighted by Crippen LogP contribution is -2.61. The second-order valence-electron chi connectivity index (χ2n) is 18.1. The summed E-state index contributed by atoms with van der Waals surface area (Å²) in [6.07, 6.45) is -0.242. The molecule has 13 atom stereocenters. The minimum Gasteiger partial charge on any atom is -0.459 e. The van der Waals surface area contributed by atoms with Gasteiger partial charge in [0.05, 0.1) is 40.5 Å². The van der Waals surface area contributed by atoms with E-state index in [9.17, 15) is 24.3 Å². The number of carbonyl (C=O) groups excluding carboxylic acids is 4. The standard InChI is InChI=1S/C45H66N8O11S/c1-9-34-45(7)37(53(43(58)64-45)18-14-13-17-52-23-32(50-51-52)33-22-49-42(47)65-33)28(5)48-21-25(2)20-44(6,59-8)38(26(3)35(54)27(4)39(56)62-34)63-41-36(55)31(46)19-30(61-41)24-60-40(57)29-15-11-10-12-16-29/h10-12,15-16,22-23,25-28,30-31,34,36-38,41,48,55H,9,13-14,17-21,24,46H2,1-8H3,(H2,47,49)/t25-,26+,27-,28-,30+,31?,34-,36?,37-,38-,41+,44-,45-/m1/s1. The fraction of sp³-hybridized carbons (Fsp3) is 0.667. The van der Waals surface area contributed by atoms with E-state index in [0.29, 0.717) is 61.7 Å². The summed E-state index contributed by atoms with van der Waals surface area (Å²) in [5.74, 6) is -4.18. The molecule has 3 aliphatic rings. The number of fused-ring (bicyclic) bond motifs is 1. The van der Waals surface area contributed by atoms with Crippen molar-refractivity contribution in [1.82, 2.24) is 30.2 Å². The maximum absolute atomic E-state index is 14.5. The van der Waals surface area contributed by atoms with Crippen molar-refractivity contribution in [2.45, 2.75) is 147 Å². The molecule has 2 unspecified atom stereocenters. The molecule has 3 fully saturated rings. The zero-order chi connectivity index (χ0) is 47.2. The highest BCUT2D eigenvalue weighted by Crippen LogP contribution is 2.40. The third kappa shape index (κ3) is 11.3. The number of hydrogen-bond donors (Lipinski definition) is 4. The first-order chi connectivity index (χ1) is 30.9. The number of Topliss-reactive ketones (excluding diaryl/α,β-unsaturated/α-hetero) is 1. The Morgan fingerprint density at radius 3 is 2.49 bits per heavy atom. The van der Waals surface area contributed by atoms with Crippen LogP contribution in [0.3, 0.4) is 0 Å². The Morgan fingerprint density at radius 2 is 1.82 bits per heavy atom. The Labute approximate surface area is 384 Å². The summed E-state index contributed by atoms with van der Waals surface area (Å²) in [6.45, 7) is 13.8. The van der Waals surface area contributed by atoms with Gasteiger partial charge in [-0.2, -0.15) is 0 Å². The molecule has 358 valence electrons. The Kier molecular flexibility index (Phi) is 16.4. The molecule has 1 amide bonds. The van der Waals surface area contributed by atoms with Crippen molar-refractivity contribution in [2.75, 3.05) is 32.5 Å². The van der Waals surface area contributed by atoms with E-state index < -0.39 is 89.6 Å². The van der Waals surface area contributed by atoms with E-state index in [1.54, 1.807) is 60.0 Å². The number of nitrogens with zero attached hydrogens (tertiary/aromatic N) is 5. The number of anilines is 1. The summed E-state index contributed by atoms with van der Waals surface area (Å²) in [5, 5.41) is 23.9. The number of ketones is 1. The second kappa shape index (κ2) is 21.4. The van der Waals surface area contributed by atoms with Gasteiger partial charge in [-0.05, 0) is 84.4 Å². The normalized spacial score (nSPS) is 34.0. The summed E-state index contributed by atoms with van der Waals surface area (Å²) < 4.78 is 38.7. The summed E-state index contributed by atoms with van der Waals surface area (Å²) in [4.78, 5) is 61.8. The lowest BCUT2D eigenvalue weighted by molar-refractivity contribution is -0.293. The van der Waals surface area contributed by atoms with Crippen LogP contribution in [0.4, 0.5) is 9.93 Å². The minimum atomic E-state index is -1.34. The molecule has 1 aromatic carbocycles. The number of aliphatic hydroxyl groups is 1. The number of aryl methyl sites for hydroxylation is 1. The number of ether oxygens (including phenoxy) is 6. The molecule has 20 heteroatoms. The Balaban J connectivity index is 1.20. The van der Waals surface area contributed by atoms with Crippen LogP contribution < -0.4 is 16.8 Å². The van der Waals surface area contributed by atoms with Crippen molar-refractivity contribution in [3.8, 4) is 10.6 Å². The van der Waals surface area contributed by atoms with Crippen molar-refractivity contribution >= 4 is 40.3 Å². The van der Waals surface area contributed by atoms with E-state index in [1.165, 1.54) is 25.4 Å². The maximum atomic E-state index is 14.5. The molecule has 3 aromatic rings. The molecular formula is C45H66N8O11S. The number of hydrogen-bond acceptors (Lipinski definition) is 18. The smallest absolute Gasteiger partial charge is 0.410 e. The number of nitrogens with one attached hydrogen (secondary N) is 1. The average Bonchev–Trinajstić information content (AvgIpc) is 4.01. The Bertz CT molecular complexity index is 2090. The number of benzene rings is 1. The van der Waals surface area contributed by atoms with Gasteiger partial charge in [-0.15, -0.1) is 5.10 Å². The topological polar surface area (TPSA) is 255 Å². The quantitative estimate of drug-likeness (QED) is 0.0819. The molecule has 65 heavy (non-hydrogen) atoms. The predicted octanol–water partition coefficient (Wildman–Crippen LogP) is 3.98. The molecule has 6 N–H and O–H groups in total. The largest absolute Gasteiger partial charge is 0.459 e. The van der Waals surface area contributed by atoms with Crippen LogP contribution in [-0.4, -0.2) is 141 Å². The number of amides is 1. The fourth-order valence-corrected chi connectivity index (χ4v) is 10.1. The van der Waals surface area contributed by atoms with Crippen LogP contribution in [0.5, 0.6) is 0 Å². The molecule has 0 spiro atoms. The van der Waals surface area contributed by atoms with E-state index >= 15 is 0 Å². The highest BCUT2D eigenvalue weighted by molar-refractivity contribution is 7.18. The number of methoxy groups -OCH3 is 1. The van der Waals surface area contributed by atoms with Gasteiger partial charge in [-0.3, -0.25) is 19.2 Å². The zero-order valence-corrected chi connectivity index (χ0v) is 39.4. The number of rotatable bonds is 13. The molecule has 0 saturated carbocycles. The van der Waals surface area contributed by atoms with Crippen molar-refractivity contribution in [3.63, 3.8) is 0 Å². The molecule has 19 nitrogen and oxygen atoms in total. The van der Waals surface area contributed by atoms with Crippen LogP contribution in [-0.2, 0) is 44.6 Å². The summed E-state index contributed by atoms with van der Waals surface area (Å²) in [6, 6.07) is 6.80. The number of unbranched alkanes of at least 4 members (excludes halogenated alkanes) is 1. The summed E-state index contributed by atoms with van der Waals surface area (Å²) >= 11 is 1.33. The molecule has 0 radical (unpaired) electrons. The SMILES string of the molecule is CC[C@H]1OC(=O)[C@H](C)C(=O)[C@H](C)[C@@H](O[C@@H]2O[C@H](COC(=O)c3ccccc3)CC(N)C2O)[C@](C)(OC)C[C@@H](C)CN[C@H](C)[C@H]2N(CCCCn3cc(-c4cnc(N)s4)nn3)C(=O)O[C@]12C. The first kappa shape index (κ1) is 49.9. The molecule has 0 bridgehead atoms. The zero-order valence-electron chi connectivity index (χ0n) is 38.6. The lowest BCUT2D eigenvalue weighted by Gasteiger charge is -2.45. The van der Waals surface area contributed by atoms with Gasteiger partial charge >= 0.3 is 18.0 Å². The molecule has 6 rings (SSSR count). The van der Waals surface area contributed by atoms with Crippen LogP contribution in [0, 0.1) is 17.8 Å². The molecule has 3 saturated heterocycles.